The van der Waals surface area contributed by atoms with Gasteiger partial charge in [0.05, 0.1) is 5.52 Å². The molecule has 1 saturated heterocycles. The van der Waals surface area contributed by atoms with Crippen LogP contribution in [-0.2, 0) is 4.74 Å². The number of hydrogen-bond donors (Lipinski definition) is 1. The van der Waals surface area contributed by atoms with Gasteiger partial charge >= 0.3 is 6.09 Å². The first-order valence-corrected chi connectivity index (χ1v) is 8.07. The fourth-order valence-corrected chi connectivity index (χ4v) is 2.64. The van der Waals surface area contributed by atoms with Crippen LogP contribution in [0, 0.1) is 0 Å². The predicted octanol–water partition coefficient (Wildman–Crippen LogP) is 2.27. The van der Waals surface area contributed by atoms with Crippen LogP contribution in [0.2, 0.25) is 0 Å². The Kier molecular flexibility index (Phi) is 4.17. The van der Waals surface area contributed by atoms with E-state index in [-0.39, 0.29) is 6.09 Å². The summed E-state index contributed by atoms with van der Waals surface area (Å²) in [6.45, 7) is 8.30. The fraction of sp³-hybridized carbons (Fsp3) is 0.471. The SMILES string of the molecule is CC(C)(C)OC(=O)N1CCN(c2ccc3cnc(N)cc3n2)CC1. The van der Waals surface area contributed by atoms with Crippen LogP contribution in [0.4, 0.5) is 16.4 Å². The van der Waals surface area contributed by atoms with Gasteiger partial charge in [0, 0.05) is 43.8 Å². The number of nitrogens with two attached hydrogens (primary N) is 1. The molecule has 2 N–H and O–H groups in total. The van der Waals surface area contributed by atoms with Crippen LogP contribution >= 0.6 is 0 Å². The van der Waals surface area contributed by atoms with Gasteiger partial charge in [-0.1, -0.05) is 0 Å². The molecule has 1 aliphatic rings. The Labute approximate surface area is 141 Å². The Morgan fingerprint density at radius 3 is 2.58 bits per heavy atom. The third-order valence-electron chi connectivity index (χ3n) is 3.84. The van der Waals surface area contributed by atoms with E-state index in [1.165, 1.54) is 0 Å². The number of nitrogens with zero attached hydrogens (tertiary/aromatic N) is 4. The van der Waals surface area contributed by atoms with Crippen LogP contribution in [0.25, 0.3) is 10.9 Å². The maximum atomic E-state index is 12.1. The van der Waals surface area contributed by atoms with E-state index in [2.05, 4.69) is 14.9 Å². The first-order chi connectivity index (χ1) is 11.3. The molecule has 0 saturated carbocycles. The molecule has 0 spiro atoms. The topological polar surface area (TPSA) is 84.6 Å². The molecule has 7 nitrogen and oxygen atoms in total. The molecule has 0 atom stereocenters. The van der Waals surface area contributed by atoms with E-state index in [1.807, 2.05) is 32.9 Å². The smallest absolute Gasteiger partial charge is 0.410 e. The fourth-order valence-electron chi connectivity index (χ4n) is 2.64. The summed E-state index contributed by atoms with van der Waals surface area (Å²) in [7, 11) is 0. The molecular weight excluding hydrogens is 306 g/mol. The highest BCUT2D eigenvalue weighted by molar-refractivity contribution is 5.81. The van der Waals surface area contributed by atoms with Crippen molar-refractivity contribution < 1.29 is 9.53 Å². The van der Waals surface area contributed by atoms with Crippen molar-refractivity contribution in [2.45, 2.75) is 26.4 Å². The summed E-state index contributed by atoms with van der Waals surface area (Å²) in [5.41, 5.74) is 6.09. The minimum absolute atomic E-state index is 0.257. The number of carbonyl (C=O) groups excluding carboxylic acids is 1. The average Bonchev–Trinajstić information content (AvgIpc) is 2.52. The lowest BCUT2D eigenvalue weighted by Crippen LogP contribution is -2.50. The average molecular weight is 329 g/mol. The number of rotatable bonds is 1. The van der Waals surface area contributed by atoms with Crippen molar-refractivity contribution in [1.29, 1.82) is 0 Å². The Balaban J connectivity index is 1.67. The number of aromatic nitrogens is 2. The summed E-state index contributed by atoms with van der Waals surface area (Å²) < 4.78 is 5.42. The minimum Gasteiger partial charge on any atom is -0.444 e. The zero-order valence-electron chi connectivity index (χ0n) is 14.3. The van der Waals surface area contributed by atoms with Crippen LogP contribution < -0.4 is 10.6 Å². The summed E-state index contributed by atoms with van der Waals surface area (Å²) >= 11 is 0. The second kappa shape index (κ2) is 6.14. The zero-order valence-corrected chi connectivity index (χ0v) is 14.3. The van der Waals surface area contributed by atoms with Gasteiger partial charge in [-0.3, -0.25) is 0 Å². The molecule has 1 aliphatic heterocycles. The molecule has 3 rings (SSSR count). The maximum absolute atomic E-state index is 12.1. The van der Waals surface area contributed by atoms with Crippen LogP contribution in [0.1, 0.15) is 20.8 Å². The van der Waals surface area contributed by atoms with Crippen LogP contribution in [0.15, 0.2) is 24.4 Å². The summed E-state index contributed by atoms with van der Waals surface area (Å²) in [5.74, 6) is 1.35. The van der Waals surface area contributed by atoms with Crippen LogP contribution in [0.5, 0.6) is 0 Å². The van der Waals surface area contributed by atoms with Crippen LogP contribution in [-0.4, -0.2) is 52.7 Å². The molecule has 7 heteroatoms. The van der Waals surface area contributed by atoms with Gasteiger partial charge in [0.15, 0.2) is 0 Å². The van der Waals surface area contributed by atoms with E-state index < -0.39 is 5.60 Å². The number of ether oxygens (including phenoxy) is 1. The molecule has 2 aromatic heterocycles. The zero-order chi connectivity index (χ0) is 17.3. The van der Waals surface area contributed by atoms with Gasteiger partial charge in [-0.05, 0) is 32.9 Å². The molecule has 3 heterocycles. The molecular formula is C17H23N5O2. The maximum Gasteiger partial charge on any atom is 0.410 e. The summed E-state index contributed by atoms with van der Waals surface area (Å²) in [4.78, 5) is 24.8. The van der Waals surface area contributed by atoms with E-state index >= 15 is 0 Å². The van der Waals surface area contributed by atoms with Gasteiger partial charge in [-0.15, -0.1) is 0 Å². The number of fused-ring (bicyclic) bond motifs is 1. The van der Waals surface area contributed by atoms with Gasteiger partial charge in [0.25, 0.3) is 0 Å². The van der Waals surface area contributed by atoms with E-state index in [0.29, 0.717) is 18.9 Å². The highest BCUT2D eigenvalue weighted by Crippen LogP contribution is 2.20. The van der Waals surface area contributed by atoms with Crippen molar-refractivity contribution in [2.24, 2.45) is 0 Å². The molecule has 0 radical (unpaired) electrons. The molecule has 1 amide bonds. The first-order valence-electron chi connectivity index (χ1n) is 8.07. The molecule has 128 valence electrons. The quantitative estimate of drug-likeness (QED) is 0.864. The lowest BCUT2D eigenvalue weighted by Gasteiger charge is -2.36. The lowest BCUT2D eigenvalue weighted by molar-refractivity contribution is 0.0240. The van der Waals surface area contributed by atoms with Crippen molar-refractivity contribution in [2.75, 3.05) is 36.8 Å². The van der Waals surface area contributed by atoms with Crippen molar-refractivity contribution in [3.63, 3.8) is 0 Å². The standard InChI is InChI=1S/C17H23N5O2/c1-17(2,3)24-16(23)22-8-6-21(7-9-22)15-5-4-12-11-19-14(18)10-13(12)20-15/h4-5,10-11H,6-9H2,1-3H3,(H2,18,19). The predicted molar refractivity (Wildman–Crippen MR) is 94.0 cm³/mol. The number of anilines is 2. The minimum atomic E-state index is -0.470. The Bertz CT molecular complexity index is 748. The summed E-state index contributed by atoms with van der Waals surface area (Å²) in [6.07, 6.45) is 1.47. The second-order valence-corrected chi connectivity index (χ2v) is 6.93. The largest absolute Gasteiger partial charge is 0.444 e. The first kappa shape index (κ1) is 16.3. The van der Waals surface area contributed by atoms with Gasteiger partial charge in [0.1, 0.15) is 17.2 Å². The third kappa shape index (κ3) is 3.67. The summed E-state index contributed by atoms with van der Waals surface area (Å²) in [5, 5.41) is 0.959. The van der Waals surface area contributed by atoms with E-state index in [4.69, 9.17) is 10.5 Å². The number of hydrogen-bond acceptors (Lipinski definition) is 6. The van der Waals surface area contributed by atoms with E-state index in [0.717, 1.165) is 29.8 Å². The Morgan fingerprint density at radius 2 is 1.92 bits per heavy atom. The van der Waals surface area contributed by atoms with Crippen molar-refractivity contribution in [3.8, 4) is 0 Å². The normalized spacial score (nSPS) is 15.6. The van der Waals surface area contributed by atoms with Crippen molar-refractivity contribution >= 4 is 28.6 Å². The van der Waals surface area contributed by atoms with E-state index in [1.54, 1.807) is 17.2 Å². The number of piperazine rings is 1. The molecule has 2 aromatic rings. The monoisotopic (exact) mass is 329 g/mol. The molecule has 0 bridgehead atoms. The molecule has 1 fully saturated rings. The molecule has 0 aromatic carbocycles. The van der Waals surface area contributed by atoms with E-state index in [9.17, 15) is 4.79 Å². The molecule has 0 unspecified atom stereocenters. The highest BCUT2D eigenvalue weighted by Gasteiger charge is 2.26. The van der Waals surface area contributed by atoms with Gasteiger partial charge in [-0.25, -0.2) is 14.8 Å². The molecule has 24 heavy (non-hydrogen) atoms. The van der Waals surface area contributed by atoms with Crippen molar-refractivity contribution in [3.05, 3.63) is 24.4 Å². The third-order valence-corrected chi connectivity index (χ3v) is 3.84. The second-order valence-electron chi connectivity index (χ2n) is 6.93. The van der Waals surface area contributed by atoms with Gasteiger partial charge < -0.3 is 20.3 Å². The van der Waals surface area contributed by atoms with Crippen molar-refractivity contribution in [1.82, 2.24) is 14.9 Å². The Morgan fingerprint density at radius 1 is 1.21 bits per heavy atom. The lowest BCUT2D eigenvalue weighted by atomic mass is 10.2. The number of pyridine rings is 2. The number of amides is 1. The van der Waals surface area contributed by atoms with Crippen LogP contribution in [0.3, 0.4) is 0 Å². The van der Waals surface area contributed by atoms with Gasteiger partial charge in [-0.2, -0.15) is 0 Å². The van der Waals surface area contributed by atoms with Gasteiger partial charge in [0.2, 0.25) is 0 Å². The Hall–Kier alpha value is -2.57. The highest BCUT2D eigenvalue weighted by atomic mass is 16.6. The number of carbonyl (C=O) groups is 1. The summed E-state index contributed by atoms with van der Waals surface area (Å²) in [6, 6.07) is 5.74. The molecule has 0 aliphatic carbocycles. The number of nitrogen functional groups attached to an aromatic ring is 1.